The Bertz CT molecular complexity index is 1030. The van der Waals surface area contributed by atoms with Gasteiger partial charge in [-0.25, -0.2) is 0 Å². The summed E-state index contributed by atoms with van der Waals surface area (Å²) in [6.07, 6.45) is 3.47. The van der Waals surface area contributed by atoms with Gasteiger partial charge in [0.2, 0.25) is 5.91 Å². The molecule has 1 aliphatic rings. The molecule has 4 rings (SSSR count). The molecule has 2 heterocycles. The number of amides is 1. The molecule has 5 heteroatoms. The highest BCUT2D eigenvalue weighted by molar-refractivity contribution is 5.82. The third-order valence-corrected chi connectivity index (χ3v) is 5.53. The molecule has 0 aliphatic carbocycles. The Morgan fingerprint density at radius 1 is 1.03 bits per heavy atom. The van der Waals surface area contributed by atoms with Gasteiger partial charge in [0.05, 0.1) is 25.1 Å². The number of aromatic nitrogens is 1. The quantitative estimate of drug-likeness (QED) is 0.734. The van der Waals surface area contributed by atoms with Crippen molar-refractivity contribution >= 4 is 5.91 Å². The molecule has 0 radical (unpaired) electrons. The van der Waals surface area contributed by atoms with Crippen LogP contribution in [0.3, 0.4) is 0 Å². The molecule has 0 saturated carbocycles. The number of carbonyl (C=O) groups is 1. The van der Waals surface area contributed by atoms with E-state index in [4.69, 9.17) is 0 Å². The molecule has 0 bridgehead atoms. The lowest BCUT2D eigenvalue weighted by atomic mass is 9.73. The highest BCUT2D eigenvalue weighted by Crippen LogP contribution is 2.44. The zero-order valence-corrected chi connectivity index (χ0v) is 15.8. The normalized spacial score (nSPS) is 20.6. The van der Waals surface area contributed by atoms with Crippen molar-refractivity contribution in [2.45, 2.75) is 24.4 Å². The molecule has 1 fully saturated rings. The van der Waals surface area contributed by atoms with Crippen molar-refractivity contribution in [3.05, 3.63) is 90.3 Å². The lowest BCUT2D eigenvalue weighted by molar-refractivity contribution is -0.146. The maximum atomic E-state index is 12.9. The van der Waals surface area contributed by atoms with E-state index in [2.05, 4.69) is 11.1 Å². The molecular weight excluding hydrogens is 362 g/mol. The molecule has 0 unspecified atom stereocenters. The van der Waals surface area contributed by atoms with Crippen LogP contribution in [0, 0.1) is 11.3 Å². The number of pyridine rings is 1. The molecular formula is C24H21N3O2. The summed E-state index contributed by atoms with van der Waals surface area (Å²) in [7, 11) is 0. The van der Waals surface area contributed by atoms with Gasteiger partial charge < -0.3 is 10.0 Å². The third-order valence-electron chi connectivity index (χ3n) is 5.53. The summed E-state index contributed by atoms with van der Waals surface area (Å²) in [5.41, 5.74) is 3.90. The molecule has 5 nitrogen and oxygen atoms in total. The molecule has 1 N–H and O–H groups in total. The smallest absolute Gasteiger partial charge is 0.228 e. The summed E-state index contributed by atoms with van der Waals surface area (Å²) >= 11 is 0. The third kappa shape index (κ3) is 3.51. The number of rotatable bonds is 5. The van der Waals surface area contributed by atoms with Crippen molar-refractivity contribution in [2.24, 2.45) is 0 Å². The van der Waals surface area contributed by atoms with E-state index in [0.717, 1.165) is 22.3 Å². The van der Waals surface area contributed by atoms with Crippen LogP contribution < -0.4 is 0 Å². The number of likely N-dealkylation sites (tertiary alicyclic amines) is 1. The maximum absolute atomic E-state index is 12.9. The molecule has 3 aromatic rings. The van der Waals surface area contributed by atoms with Crippen molar-refractivity contribution in [2.75, 3.05) is 6.61 Å². The average molecular weight is 383 g/mol. The lowest BCUT2D eigenvalue weighted by Gasteiger charge is -2.52. The number of aliphatic hydroxyl groups is 1. The first kappa shape index (κ1) is 18.9. The first-order chi connectivity index (χ1) is 14.2. The zero-order valence-electron chi connectivity index (χ0n) is 15.8. The largest absolute Gasteiger partial charge is 0.394 e. The Morgan fingerprint density at radius 3 is 2.41 bits per heavy atom. The van der Waals surface area contributed by atoms with Crippen LogP contribution in [-0.2, 0) is 11.2 Å². The van der Waals surface area contributed by atoms with E-state index in [-0.39, 0.29) is 24.9 Å². The van der Waals surface area contributed by atoms with Gasteiger partial charge in [-0.15, -0.1) is 0 Å². The number of hydrogen-bond donors (Lipinski definition) is 1. The number of carbonyl (C=O) groups excluding carboxylic acids is 1. The molecule has 3 atom stereocenters. The second-order valence-corrected chi connectivity index (χ2v) is 7.14. The SMILES string of the molecule is N#C[C@@H]1[C@@H](c2ccccc2-c2ccccc2)[C@H](CO)N1C(=O)Cc1ccncc1. The van der Waals surface area contributed by atoms with Crippen LogP contribution in [0.25, 0.3) is 11.1 Å². The van der Waals surface area contributed by atoms with Gasteiger partial charge in [0.15, 0.2) is 0 Å². The van der Waals surface area contributed by atoms with E-state index in [1.165, 1.54) is 4.90 Å². The summed E-state index contributed by atoms with van der Waals surface area (Å²) in [5.74, 6) is -0.391. The number of benzene rings is 2. The van der Waals surface area contributed by atoms with E-state index < -0.39 is 12.1 Å². The maximum Gasteiger partial charge on any atom is 0.228 e. The van der Waals surface area contributed by atoms with Gasteiger partial charge in [-0.2, -0.15) is 5.26 Å². The zero-order chi connectivity index (χ0) is 20.2. The van der Waals surface area contributed by atoms with Gasteiger partial charge in [0.25, 0.3) is 0 Å². The average Bonchev–Trinajstić information content (AvgIpc) is 2.75. The molecule has 144 valence electrons. The summed E-state index contributed by atoms with van der Waals surface area (Å²) < 4.78 is 0. The van der Waals surface area contributed by atoms with Crippen LogP contribution in [0.4, 0.5) is 0 Å². The van der Waals surface area contributed by atoms with Crippen LogP contribution in [0.1, 0.15) is 17.0 Å². The molecule has 29 heavy (non-hydrogen) atoms. The molecule has 1 aliphatic heterocycles. The molecule has 1 aromatic heterocycles. The Hall–Kier alpha value is -3.49. The first-order valence-electron chi connectivity index (χ1n) is 9.59. The lowest BCUT2D eigenvalue weighted by Crippen LogP contribution is -2.65. The minimum absolute atomic E-state index is 0.157. The van der Waals surface area contributed by atoms with Crippen molar-refractivity contribution in [1.82, 2.24) is 9.88 Å². The summed E-state index contributed by atoms with van der Waals surface area (Å²) in [6.45, 7) is -0.186. The van der Waals surface area contributed by atoms with E-state index >= 15 is 0 Å². The van der Waals surface area contributed by atoms with Crippen LogP contribution in [0.5, 0.6) is 0 Å². The van der Waals surface area contributed by atoms with E-state index in [9.17, 15) is 15.2 Å². The van der Waals surface area contributed by atoms with Gasteiger partial charge >= 0.3 is 0 Å². The van der Waals surface area contributed by atoms with Crippen molar-refractivity contribution in [3.63, 3.8) is 0 Å². The fraction of sp³-hybridized carbons (Fsp3) is 0.208. The highest BCUT2D eigenvalue weighted by atomic mass is 16.3. The first-order valence-corrected chi connectivity index (χ1v) is 9.59. The summed E-state index contributed by atoms with van der Waals surface area (Å²) in [6, 6.07) is 22.7. The number of nitriles is 1. The Kier molecular flexibility index (Phi) is 5.37. The second kappa shape index (κ2) is 8.26. The molecule has 1 saturated heterocycles. The Balaban J connectivity index is 1.65. The monoisotopic (exact) mass is 383 g/mol. The van der Waals surface area contributed by atoms with Crippen molar-refractivity contribution in [1.29, 1.82) is 5.26 Å². The topological polar surface area (TPSA) is 77.2 Å². The van der Waals surface area contributed by atoms with Crippen LogP contribution in [0.2, 0.25) is 0 Å². The molecule has 0 spiro atoms. The highest BCUT2D eigenvalue weighted by Gasteiger charge is 2.51. The molecule has 1 amide bonds. The minimum atomic E-state index is -0.605. The number of aliphatic hydroxyl groups excluding tert-OH is 1. The number of hydrogen-bond acceptors (Lipinski definition) is 4. The van der Waals surface area contributed by atoms with Gasteiger partial charge in [-0.3, -0.25) is 9.78 Å². The predicted octanol–water partition coefficient (Wildman–Crippen LogP) is 3.17. The standard InChI is InChI=1S/C24H21N3O2/c25-15-21-24(20-9-5-4-8-19(20)18-6-2-1-3-7-18)22(16-28)27(21)23(29)14-17-10-12-26-13-11-17/h1-13,21-22,24,28H,14,16H2/t21-,22+,24-/m1/s1. The Morgan fingerprint density at radius 2 is 1.72 bits per heavy atom. The minimum Gasteiger partial charge on any atom is -0.394 e. The number of nitrogens with zero attached hydrogens (tertiary/aromatic N) is 3. The van der Waals surface area contributed by atoms with Crippen LogP contribution >= 0.6 is 0 Å². The summed E-state index contributed by atoms with van der Waals surface area (Å²) in [4.78, 5) is 18.4. The van der Waals surface area contributed by atoms with Gasteiger partial charge in [-0.1, -0.05) is 54.6 Å². The predicted molar refractivity (Wildman–Crippen MR) is 110 cm³/mol. The van der Waals surface area contributed by atoms with E-state index in [1.807, 2.05) is 54.6 Å². The second-order valence-electron chi connectivity index (χ2n) is 7.14. The van der Waals surface area contributed by atoms with Crippen molar-refractivity contribution < 1.29 is 9.90 Å². The van der Waals surface area contributed by atoms with Crippen LogP contribution in [-0.4, -0.2) is 39.6 Å². The fourth-order valence-corrected chi connectivity index (χ4v) is 4.16. The molecule has 2 aromatic carbocycles. The fourth-order valence-electron chi connectivity index (χ4n) is 4.16. The van der Waals surface area contributed by atoms with Gasteiger partial charge in [-0.05, 0) is 34.4 Å². The van der Waals surface area contributed by atoms with Crippen LogP contribution in [0.15, 0.2) is 79.1 Å². The van der Waals surface area contributed by atoms with E-state index in [1.54, 1.807) is 24.5 Å². The summed E-state index contributed by atoms with van der Waals surface area (Å²) in [5, 5.41) is 19.9. The van der Waals surface area contributed by atoms with Gasteiger partial charge in [0.1, 0.15) is 6.04 Å². The van der Waals surface area contributed by atoms with Crippen molar-refractivity contribution in [3.8, 4) is 17.2 Å². The van der Waals surface area contributed by atoms with E-state index in [0.29, 0.717) is 0 Å². The van der Waals surface area contributed by atoms with Gasteiger partial charge in [0, 0.05) is 18.3 Å². The Labute approximate surface area is 169 Å².